The molecule has 1 aromatic rings. The van der Waals surface area contributed by atoms with Crippen LogP contribution in [0.4, 0.5) is 8.78 Å². The van der Waals surface area contributed by atoms with Crippen LogP contribution in [0.2, 0.25) is 0 Å². The van der Waals surface area contributed by atoms with Crippen LogP contribution in [0, 0.1) is 5.92 Å². The number of halogens is 3. The van der Waals surface area contributed by atoms with Crippen molar-refractivity contribution in [2.75, 3.05) is 0 Å². The highest BCUT2D eigenvalue weighted by Gasteiger charge is 2.38. The molecule has 0 aliphatic heterocycles. The predicted molar refractivity (Wildman–Crippen MR) is 55.6 cm³/mol. The van der Waals surface area contributed by atoms with E-state index in [9.17, 15) is 8.78 Å². The van der Waals surface area contributed by atoms with Gasteiger partial charge in [-0.3, -0.25) is 0 Å². The fourth-order valence-corrected chi connectivity index (χ4v) is 2.21. The largest absolute Gasteiger partial charge is 0.245 e. The monoisotopic (exact) mass is 260 g/mol. The fourth-order valence-electron chi connectivity index (χ4n) is 1.79. The van der Waals surface area contributed by atoms with Crippen molar-refractivity contribution < 1.29 is 8.78 Å². The van der Waals surface area contributed by atoms with Gasteiger partial charge in [-0.05, 0) is 36.5 Å². The molecule has 1 aromatic carbocycles. The van der Waals surface area contributed by atoms with E-state index >= 15 is 0 Å². The molecule has 14 heavy (non-hydrogen) atoms. The molecule has 0 heterocycles. The first-order valence-electron chi connectivity index (χ1n) is 4.72. The minimum atomic E-state index is -2.24. The van der Waals surface area contributed by atoms with E-state index in [1.165, 1.54) is 0 Å². The van der Waals surface area contributed by atoms with Crippen LogP contribution < -0.4 is 0 Å². The zero-order valence-electron chi connectivity index (χ0n) is 7.59. The molecule has 1 atom stereocenters. The van der Waals surface area contributed by atoms with Crippen LogP contribution in [-0.4, -0.2) is 6.43 Å². The second-order valence-corrected chi connectivity index (χ2v) is 4.67. The Bertz CT molecular complexity index is 319. The highest BCUT2D eigenvalue weighted by molar-refractivity contribution is 9.10. The van der Waals surface area contributed by atoms with Gasteiger partial charge in [0.15, 0.2) is 0 Å². The first kappa shape index (κ1) is 10.1. The lowest BCUT2D eigenvalue weighted by molar-refractivity contribution is 0.104. The van der Waals surface area contributed by atoms with Crippen molar-refractivity contribution in [1.82, 2.24) is 0 Å². The molecule has 1 fully saturated rings. The third kappa shape index (κ3) is 2.14. The number of hydrogen-bond acceptors (Lipinski definition) is 0. The van der Waals surface area contributed by atoms with Crippen molar-refractivity contribution in [3.05, 3.63) is 34.3 Å². The van der Waals surface area contributed by atoms with Crippen LogP contribution in [0.5, 0.6) is 0 Å². The summed E-state index contributed by atoms with van der Waals surface area (Å²) in [7, 11) is 0. The summed E-state index contributed by atoms with van der Waals surface area (Å²) in [4.78, 5) is 0. The molecule has 3 heteroatoms. The molecule has 0 saturated heterocycles. The number of rotatable bonds is 3. The molecule has 1 aliphatic carbocycles. The van der Waals surface area contributed by atoms with Crippen LogP contribution in [0.15, 0.2) is 28.7 Å². The quantitative estimate of drug-likeness (QED) is 0.764. The van der Waals surface area contributed by atoms with Crippen molar-refractivity contribution in [2.24, 2.45) is 5.92 Å². The Labute approximate surface area is 90.4 Å². The molecule has 0 amide bonds. The summed E-state index contributed by atoms with van der Waals surface area (Å²) >= 11 is 3.30. The number of hydrogen-bond donors (Lipinski definition) is 0. The van der Waals surface area contributed by atoms with E-state index in [-0.39, 0.29) is 5.92 Å². The topological polar surface area (TPSA) is 0 Å². The van der Waals surface area contributed by atoms with Crippen LogP contribution in [0.3, 0.4) is 0 Å². The van der Waals surface area contributed by atoms with Crippen molar-refractivity contribution >= 4 is 15.9 Å². The highest BCUT2D eigenvalue weighted by atomic mass is 79.9. The van der Waals surface area contributed by atoms with Crippen LogP contribution >= 0.6 is 15.9 Å². The van der Waals surface area contributed by atoms with Gasteiger partial charge >= 0.3 is 0 Å². The van der Waals surface area contributed by atoms with Gasteiger partial charge in [-0.25, -0.2) is 8.78 Å². The zero-order chi connectivity index (χ0) is 10.1. The summed E-state index contributed by atoms with van der Waals surface area (Å²) in [5.74, 6) is -0.364. The summed E-state index contributed by atoms with van der Waals surface area (Å²) < 4.78 is 26.5. The molecule has 0 N–H and O–H groups in total. The molecule has 0 aromatic heterocycles. The van der Waals surface area contributed by atoms with Gasteiger partial charge in [0.1, 0.15) is 0 Å². The Kier molecular flexibility index (Phi) is 2.86. The summed E-state index contributed by atoms with van der Waals surface area (Å²) in [5, 5.41) is 0. The smallest absolute Gasteiger partial charge is 0.210 e. The molecule has 0 radical (unpaired) electrons. The Balaban J connectivity index is 2.25. The molecule has 0 bridgehead atoms. The predicted octanol–water partition coefficient (Wildman–Crippen LogP) is 4.21. The van der Waals surface area contributed by atoms with Gasteiger partial charge in [0, 0.05) is 10.4 Å². The minimum absolute atomic E-state index is 0.198. The molecular formula is C11H11BrF2. The first-order chi connectivity index (χ1) is 6.68. The summed E-state index contributed by atoms with van der Waals surface area (Å²) in [6.07, 6.45) is -0.347. The Hall–Kier alpha value is -0.440. The molecule has 2 rings (SSSR count). The first-order valence-corrected chi connectivity index (χ1v) is 5.51. The molecule has 1 aliphatic rings. The van der Waals surface area contributed by atoms with E-state index in [1.54, 1.807) is 12.1 Å². The van der Waals surface area contributed by atoms with Crippen molar-refractivity contribution in [3.8, 4) is 0 Å². The van der Waals surface area contributed by atoms with Crippen molar-refractivity contribution in [2.45, 2.75) is 25.2 Å². The van der Waals surface area contributed by atoms with Gasteiger partial charge in [-0.15, -0.1) is 0 Å². The van der Waals surface area contributed by atoms with Crippen molar-refractivity contribution in [1.29, 1.82) is 0 Å². The number of benzene rings is 1. The second-order valence-electron chi connectivity index (χ2n) is 3.75. The van der Waals surface area contributed by atoms with Crippen LogP contribution in [0.25, 0.3) is 0 Å². The Morgan fingerprint density at radius 2 is 2.00 bits per heavy atom. The zero-order valence-corrected chi connectivity index (χ0v) is 9.18. The van der Waals surface area contributed by atoms with Gasteiger partial charge in [0.05, 0.1) is 0 Å². The average Bonchev–Trinajstić information content (AvgIpc) is 2.88. The minimum Gasteiger partial charge on any atom is -0.210 e. The molecule has 0 nitrogen and oxygen atoms in total. The summed E-state index contributed by atoms with van der Waals surface area (Å²) in [6.45, 7) is 0. The lowest BCUT2D eigenvalue weighted by Crippen LogP contribution is -2.11. The van der Waals surface area contributed by atoms with E-state index in [0.29, 0.717) is 0 Å². The SMILES string of the molecule is FC(F)C(c1cccc(Br)c1)C1CC1. The average molecular weight is 261 g/mol. The van der Waals surface area contributed by atoms with Crippen LogP contribution in [-0.2, 0) is 0 Å². The third-order valence-corrected chi connectivity index (χ3v) is 3.13. The van der Waals surface area contributed by atoms with Gasteiger partial charge < -0.3 is 0 Å². The van der Waals surface area contributed by atoms with Crippen LogP contribution in [0.1, 0.15) is 24.3 Å². The molecule has 1 unspecified atom stereocenters. The maximum Gasteiger partial charge on any atom is 0.245 e. The normalized spacial score (nSPS) is 18.6. The Morgan fingerprint density at radius 1 is 1.29 bits per heavy atom. The fraction of sp³-hybridized carbons (Fsp3) is 0.455. The lowest BCUT2D eigenvalue weighted by atomic mass is 9.95. The van der Waals surface area contributed by atoms with E-state index < -0.39 is 12.3 Å². The standard InChI is InChI=1S/C11H11BrF2/c12-9-3-1-2-8(6-9)10(11(13)14)7-4-5-7/h1-3,6-7,10-11H,4-5H2. The third-order valence-electron chi connectivity index (χ3n) is 2.63. The second kappa shape index (κ2) is 3.97. The molecular weight excluding hydrogens is 250 g/mol. The van der Waals surface area contributed by atoms with Gasteiger partial charge in [-0.1, -0.05) is 28.1 Å². The Morgan fingerprint density at radius 3 is 2.50 bits per heavy atom. The van der Waals surface area contributed by atoms with Crippen molar-refractivity contribution in [3.63, 3.8) is 0 Å². The van der Waals surface area contributed by atoms with E-state index in [1.807, 2.05) is 12.1 Å². The van der Waals surface area contributed by atoms with E-state index in [0.717, 1.165) is 22.9 Å². The summed E-state index contributed by atoms with van der Waals surface area (Å²) in [5.41, 5.74) is 0.761. The van der Waals surface area contributed by atoms with E-state index in [2.05, 4.69) is 15.9 Å². The molecule has 76 valence electrons. The maximum atomic E-state index is 12.8. The van der Waals surface area contributed by atoms with Gasteiger partial charge in [0.25, 0.3) is 0 Å². The van der Waals surface area contributed by atoms with Gasteiger partial charge in [0.2, 0.25) is 6.43 Å². The van der Waals surface area contributed by atoms with E-state index in [4.69, 9.17) is 0 Å². The maximum absolute atomic E-state index is 12.8. The highest BCUT2D eigenvalue weighted by Crippen LogP contribution is 2.46. The molecule has 0 spiro atoms. The van der Waals surface area contributed by atoms with Gasteiger partial charge in [-0.2, -0.15) is 0 Å². The molecule has 1 saturated carbocycles. The number of alkyl halides is 2. The summed E-state index contributed by atoms with van der Waals surface area (Å²) in [6, 6.07) is 7.27. The lowest BCUT2D eigenvalue weighted by Gasteiger charge is -2.15.